The van der Waals surface area contributed by atoms with Gasteiger partial charge in [-0.15, -0.1) is 12.4 Å². The molecule has 0 aromatic heterocycles. The van der Waals surface area contributed by atoms with Crippen LogP contribution >= 0.6 is 12.4 Å². The zero-order chi connectivity index (χ0) is 18.0. The Morgan fingerprint density at radius 2 is 1.92 bits per heavy atom. The van der Waals surface area contributed by atoms with Gasteiger partial charge in [-0.3, -0.25) is 9.59 Å². The highest BCUT2D eigenvalue weighted by Crippen LogP contribution is 2.30. The minimum Gasteiger partial charge on any atom is -0.340 e. The van der Waals surface area contributed by atoms with E-state index in [-0.39, 0.29) is 48.1 Å². The van der Waals surface area contributed by atoms with Gasteiger partial charge in [-0.1, -0.05) is 43.7 Å². The highest BCUT2D eigenvalue weighted by atomic mass is 35.5. The molecule has 2 N–H and O–H groups in total. The zero-order valence-electron chi connectivity index (χ0n) is 15.6. The summed E-state index contributed by atoms with van der Waals surface area (Å²) in [6.45, 7) is 5.98. The van der Waals surface area contributed by atoms with Crippen LogP contribution < -0.4 is 5.73 Å². The molecule has 1 aromatic carbocycles. The molecule has 3 rings (SSSR count). The molecular formula is C20H30ClN3O2. The van der Waals surface area contributed by atoms with Gasteiger partial charge in [-0.2, -0.15) is 0 Å². The molecule has 0 saturated carbocycles. The molecule has 1 aromatic rings. The lowest BCUT2D eigenvalue weighted by Crippen LogP contribution is -2.39. The smallest absolute Gasteiger partial charge is 0.228 e. The van der Waals surface area contributed by atoms with Crippen molar-refractivity contribution in [3.63, 3.8) is 0 Å². The maximum atomic E-state index is 12.9. The number of nitrogens with zero attached hydrogens (tertiary/aromatic N) is 2. The van der Waals surface area contributed by atoms with E-state index in [0.717, 1.165) is 12.8 Å². The zero-order valence-corrected chi connectivity index (χ0v) is 16.5. The van der Waals surface area contributed by atoms with Crippen molar-refractivity contribution < 1.29 is 9.59 Å². The first-order valence-corrected chi connectivity index (χ1v) is 9.40. The molecule has 0 radical (unpaired) electrons. The predicted octanol–water partition coefficient (Wildman–Crippen LogP) is 2.40. The molecule has 4 atom stereocenters. The van der Waals surface area contributed by atoms with Crippen molar-refractivity contribution in [3.8, 4) is 0 Å². The fraction of sp³-hybridized carbons (Fsp3) is 0.600. The SMILES string of the molecule is CCCC(C)N1CC(C(=O)N2C[C@@H](N)[C@H](c3ccccc3)C2)CC1=O.Cl. The Balaban J connectivity index is 0.00000243. The summed E-state index contributed by atoms with van der Waals surface area (Å²) in [6, 6.07) is 10.3. The van der Waals surface area contributed by atoms with Crippen molar-refractivity contribution in [2.75, 3.05) is 19.6 Å². The molecule has 0 spiro atoms. The first-order valence-electron chi connectivity index (χ1n) is 9.40. The first-order chi connectivity index (χ1) is 12.0. The van der Waals surface area contributed by atoms with Gasteiger partial charge in [0.05, 0.1) is 5.92 Å². The van der Waals surface area contributed by atoms with Gasteiger partial charge in [0.25, 0.3) is 0 Å². The highest BCUT2D eigenvalue weighted by Gasteiger charge is 2.41. The summed E-state index contributed by atoms with van der Waals surface area (Å²) < 4.78 is 0. The van der Waals surface area contributed by atoms with Crippen molar-refractivity contribution in [2.45, 2.75) is 51.1 Å². The Morgan fingerprint density at radius 1 is 1.23 bits per heavy atom. The average Bonchev–Trinajstić information content (AvgIpc) is 3.18. The van der Waals surface area contributed by atoms with E-state index in [1.165, 1.54) is 5.56 Å². The van der Waals surface area contributed by atoms with Crippen LogP contribution in [0.3, 0.4) is 0 Å². The predicted molar refractivity (Wildman–Crippen MR) is 105 cm³/mol. The van der Waals surface area contributed by atoms with Crippen LogP contribution in [0.15, 0.2) is 30.3 Å². The number of amides is 2. The van der Waals surface area contributed by atoms with Crippen LogP contribution in [0.25, 0.3) is 0 Å². The van der Waals surface area contributed by atoms with Gasteiger partial charge < -0.3 is 15.5 Å². The van der Waals surface area contributed by atoms with Crippen molar-refractivity contribution in [2.24, 2.45) is 11.7 Å². The van der Waals surface area contributed by atoms with Crippen LogP contribution in [-0.2, 0) is 9.59 Å². The number of nitrogens with two attached hydrogens (primary N) is 1. The molecule has 2 saturated heterocycles. The minimum atomic E-state index is -0.214. The van der Waals surface area contributed by atoms with Crippen LogP contribution in [0, 0.1) is 5.92 Å². The lowest BCUT2D eigenvalue weighted by Gasteiger charge is -2.25. The number of carbonyl (C=O) groups excluding carboxylic acids is 2. The maximum absolute atomic E-state index is 12.9. The quantitative estimate of drug-likeness (QED) is 0.854. The molecule has 2 heterocycles. The van der Waals surface area contributed by atoms with Crippen molar-refractivity contribution in [1.29, 1.82) is 0 Å². The maximum Gasteiger partial charge on any atom is 0.228 e. The number of rotatable bonds is 5. The summed E-state index contributed by atoms with van der Waals surface area (Å²) in [5, 5.41) is 0. The van der Waals surface area contributed by atoms with Crippen LogP contribution in [0.1, 0.15) is 44.6 Å². The van der Waals surface area contributed by atoms with Crippen LogP contribution in [0.2, 0.25) is 0 Å². The van der Waals surface area contributed by atoms with Crippen LogP contribution in [0.4, 0.5) is 0 Å². The molecule has 2 amide bonds. The Bertz CT molecular complexity index is 625. The Kier molecular flexibility index (Phi) is 7.07. The highest BCUT2D eigenvalue weighted by molar-refractivity contribution is 5.89. The molecule has 5 nitrogen and oxygen atoms in total. The molecular weight excluding hydrogens is 350 g/mol. The summed E-state index contributed by atoms with van der Waals surface area (Å²) in [7, 11) is 0. The molecule has 2 unspecified atom stereocenters. The number of benzene rings is 1. The molecule has 144 valence electrons. The van der Waals surface area contributed by atoms with Crippen molar-refractivity contribution >= 4 is 24.2 Å². The minimum absolute atomic E-state index is 0. The van der Waals surface area contributed by atoms with Crippen molar-refractivity contribution in [3.05, 3.63) is 35.9 Å². The Hall–Kier alpha value is -1.59. The molecule has 26 heavy (non-hydrogen) atoms. The normalized spacial score (nSPS) is 26.7. The van der Waals surface area contributed by atoms with Gasteiger partial charge in [0.2, 0.25) is 11.8 Å². The van der Waals surface area contributed by atoms with Gasteiger partial charge in [-0.25, -0.2) is 0 Å². The third-order valence-corrected chi connectivity index (χ3v) is 5.65. The summed E-state index contributed by atoms with van der Waals surface area (Å²) >= 11 is 0. The van der Waals surface area contributed by atoms with Gasteiger partial charge in [0, 0.05) is 44.1 Å². The topological polar surface area (TPSA) is 66.6 Å². The fourth-order valence-electron chi connectivity index (χ4n) is 4.22. The number of likely N-dealkylation sites (tertiary alicyclic amines) is 2. The second-order valence-electron chi connectivity index (χ2n) is 7.51. The van der Waals surface area contributed by atoms with E-state index in [1.807, 2.05) is 28.0 Å². The van der Waals surface area contributed by atoms with E-state index in [9.17, 15) is 9.59 Å². The number of halogens is 1. The van der Waals surface area contributed by atoms with Crippen LogP contribution in [0.5, 0.6) is 0 Å². The van der Waals surface area contributed by atoms with E-state index in [1.54, 1.807) is 0 Å². The third-order valence-electron chi connectivity index (χ3n) is 5.65. The van der Waals surface area contributed by atoms with Crippen LogP contribution in [-0.4, -0.2) is 53.3 Å². The van der Waals surface area contributed by atoms with Gasteiger partial charge in [0.15, 0.2) is 0 Å². The molecule has 2 fully saturated rings. The first kappa shape index (κ1) is 20.7. The van der Waals surface area contributed by atoms with E-state index < -0.39 is 0 Å². The van der Waals surface area contributed by atoms with Gasteiger partial charge >= 0.3 is 0 Å². The fourth-order valence-corrected chi connectivity index (χ4v) is 4.22. The summed E-state index contributed by atoms with van der Waals surface area (Å²) in [5.74, 6) is 0.168. The Morgan fingerprint density at radius 3 is 2.58 bits per heavy atom. The van der Waals surface area contributed by atoms with Crippen molar-refractivity contribution in [1.82, 2.24) is 9.80 Å². The molecule has 0 bridgehead atoms. The summed E-state index contributed by atoms with van der Waals surface area (Å²) in [4.78, 5) is 29.0. The van der Waals surface area contributed by atoms with E-state index in [2.05, 4.69) is 26.0 Å². The number of carbonyl (C=O) groups is 2. The third kappa shape index (κ3) is 4.21. The lowest BCUT2D eigenvalue weighted by atomic mass is 9.95. The van der Waals surface area contributed by atoms with E-state index in [0.29, 0.717) is 26.1 Å². The number of hydrogen-bond acceptors (Lipinski definition) is 3. The summed E-state index contributed by atoms with van der Waals surface area (Å²) in [5.41, 5.74) is 7.50. The van der Waals surface area contributed by atoms with Gasteiger partial charge in [0.1, 0.15) is 0 Å². The molecule has 6 heteroatoms. The van der Waals surface area contributed by atoms with E-state index in [4.69, 9.17) is 5.73 Å². The van der Waals surface area contributed by atoms with Gasteiger partial charge in [-0.05, 0) is 18.9 Å². The largest absolute Gasteiger partial charge is 0.340 e. The molecule has 0 aliphatic carbocycles. The molecule has 2 aliphatic heterocycles. The summed E-state index contributed by atoms with van der Waals surface area (Å²) in [6.07, 6.45) is 2.37. The lowest BCUT2D eigenvalue weighted by molar-refractivity contribution is -0.135. The molecule has 2 aliphatic rings. The van der Waals surface area contributed by atoms with E-state index >= 15 is 0 Å². The Labute approximate surface area is 162 Å². The second-order valence-corrected chi connectivity index (χ2v) is 7.51. The second kappa shape index (κ2) is 8.87. The number of hydrogen-bond donors (Lipinski definition) is 1. The standard InChI is InChI=1S/C20H29N3O2.ClH/c1-3-7-14(2)23-11-16(10-19(23)24)20(25)22-12-17(18(21)13-22)15-8-5-4-6-9-15;/h4-6,8-9,14,16-18H,3,7,10-13,21H2,1-2H3;1H/t14?,16?,17-,18+;/m0./s1. The average molecular weight is 380 g/mol. The monoisotopic (exact) mass is 379 g/mol.